The molecule has 4 nitrogen and oxygen atoms in total. The number of fused-ring (bicyclic) bond motifs is 1. The van der Waals surface area contributed by atoms with E-state index in [0.29, 0.717) is 12.0 Å². The van der Waals surface area contributed by atoms with E-state index in [9.17, 15) is 4.79 Å². The van der Waals surface area contributed by atoms with Crippen molar-refractivity contribution in [1.82, 2.24) is 0 Å². The molecule has 1 saturated carbocycles. The summed E-state index contributed by atoms with van der Waals surface area (Å²) in [5, 5.41) is -0.0136. The zero-order chi connectivity index (χ0) is 25.3. The number of hydrogen-bond acceptors (Lipinski definition) is 4. The number of ether oxygens (including phenoxy) is 2. The standard InChI is InChI=1S/C28H42O4Si2/c1-26(2,3)34(7,8)32-27(16-12-9-10-15-19-33(4,5)6)21-23(22-29)20-24-25(27)31-28(30-24)17-13-11-14-18-28/h9-10,20,22,24-25H,11,13-14,17-18,21H2,1-8H3/b10-9-/t24-,25-,27+/m0/s1. The molecule has 3 atom stereocenters. The van der Waals surface area contributed by atoms with Crippen molar-refractivity contribution in [3.05, 3.63) is 23.8 Å². The van der Waals surface area contributed by atoms with E-state index < -0.39 is 27.8 Å². The van der Waals surface area contributed by atoms with Crippen LogP contribution in [0.3, 0.4) is 0 Å². The molecule has 0 aromatic carbocycles. The van der Waals surface area contributed by atoms with Crippen LogP contribution >= 0.6 is 0 Å². The Balaban J connectivity index is 2.03. The number of carbonyl (C=O) groups excluding carboxylic acids is 1. The minimum Gasteiger partial charge on any atom is -0.398 e. The Hall–Kier alpha value is -1.42. The molecule has 3 aliphatic rings. The number of rotatable bonds is 3. The Morgan fingerprint density at radius 2 is 1.68 bits per heavy atom. The van der Waals surface area contributed by atoms with Gasteiger partial charge in [0.25, 0.3) is 0 Å². The molecule has 2 aliphatic carbocycles. The normalized spacial score (nSPS) is 29.0. The molecule has 6 heteroatoms. The minimum atomic E-state index is -2.26. The Bertz CT molecular complexity index is 953. The summed E-state index contributed by atoms with van der Waals surface area (Å²) >= 11 is 0. The highest BCUT2D eigenvalue weighted by Crippen LogP contribution is 2.50. The monoisotopic (exact) mass is 498 g/mol. The molecule has 34 heavy (non-hydrogen) atoms. The Morgan fingerprint density at radius 3 is 2.26 bits per heavy atom. The fraction of sp³-hybridized carbons (Fsp3) is 0.679. The van der Waals surface area contributed by atoms with Crippen LogP contribution in [0.1, 0.15) is 59.3 Å². The van der Waals surface area contributed by atoms with Crippen LogP contribution in [-0.2, 0) is 18.7 Å². The summed E-state index contributed by atoms with van der Waals surface area (Å²) in [6.45, 7) is 17.8. The summed E-state index contributed by atoms with van der Waals surface area (Å²) in [4.78, 5) is 12.0. The maximum absolute atomic E-state index is 12.0. The van der Waals surface area contributed by atoms with Crippen LogP contribution in [0.15, 0.2) is 23.8 Å². The van der Waals surface area contributed by atoms with Crippen molar-refractivity contribution in [1.29, 1.82) is 0 Å². The molecular weight excluding hydrogens is 456 g/mol. The number of carbonyl (C=O) groups is 1. The van der Waals surface area contributed by atoms with Crippen molar-refractivity contribution >= 4 is 22.7 Å². The molecule has 0 aromatic rings. The van der Waals surface area contributed by atoms with E-state index in [0.717, 1.165) is 32.0 Å². The molecule has 1 saturated heterocycles. The van der Waals surface area contributed by atoms with E-state index in [1.54, 1.807) is 6.08 Å². The zero-order valence-electron chi connectivity index (χ0n) is 22.3. The fourth-order valence-corrected chi connectivity index (χ4v) is 6.52. The molecule has 0 N–H and O–H groups in total. The predicted molar refractivity (Wildman–Crippen MR) is 143 cm³/mol. The maximum Gasteiger partial charge on any atom is 0.194 e. The average molecular weight is 499 g/mol. The van der Waals surface area contributed by atoms with Crippen LogP contribution in [-0.4, -0.2) is 46.3 Å². The molecule has 3 rings (SSSR count). The Kier molecular flexibility index (Phi) is 7.93. The molecule has 1 spiro atoms. The van der Waals surface area contributed by atoms with Gasteiger partial charge in [-0.25, -0.2) is 0 Å². The second-order valence-corrected chi connectivity index (χ2v) is 22.0. The molecular formula is C28H42O4Si2. The molecule has 0 radical (unpaired) electrons. The highest BCUT2D eigenvalue weighted by atomic mass is 28.4. The maximum atomic E-state index is 12.0. The fourth-order valence-electron chi connectivity index (χ4n) is 4.55. The van der Waals surface area contributed by atoms with E-state index in [1.807, 2.05) is 12.2 Å². The average Bonchev–Trinajstić information content (AvgIpc) is 3.07. The quantitative estimate of drug-likeness (QED) is 0.265. The summed E-state index contributed by atoms with van der Waals surface area (Å²) in [7, 11) is -3.69. The van der Waals surface area contributed by atoms with E-state index >= 15 is 0 Å². The summed E-state index contributed by atoms with van der Waals surface area (Å²) in [5.74, 6) is 9.18. The summed E-state index contributed by atoms with van der Waals surface area (Å²) in [5.41, 5.74) is 3.07. The summed E-state index contributed by atoms with van der Waals surface area (Å²) in [6, 6.07) is 0. The van der Waals surface area contributed by atoms with Gasteiger partial charge in [-0.3, -0.25) is 4.79 Å². The molecule has 186 valence electrons. The molecule has 0 amide bonds. The predicted octanol–water partition coefficient (Wildman–Crippen LogP) is 6.16. The van der Waals surface area contributed by atoms with E-state index in [4.69, 9.17) is 13.9 Å². The number of hydrogen-bond donors (Lipinski definition) is 0. The summed E-state index contributed by atoms with van der Waals surface area (Å²) < 4.78 is 20.4. The lowest BCUT2D eigenvalue weighted by molar-refractivity contribution is -0.201. The zero-order valence-corrected chi connectivity index (χ0v) is 24.3. The first-order valence-corrected chi connectivity index (χ1v) is 19.0. The smallest absolute Gasteiger partial charge is 0.194 e. The van der Waals surface area contributed by atoms with Crippen LogP contribution in [0, 0.1) is 23.3 Å². The van der Waals surface area contributed by atoms with Gasteiger partial charge in [-0.05, 0) is 54.8 Å². The van der Waals surface area contributed by atoms with Gasteiger partial charge in [-0.2, -0.15) is 0 Å². The van der Waals surface area contributed by atoms with Crippen LogP contribution in [0.4, 0.5) is 0 Å². The molecule has 2 fully saturated rings. The number of aldehydes is 1. The van der Waals surface area contributed by atoms with Gasteiger partial charge in [-0.15, -0.1) is 5.54 Å². The van der Waals surface area contributed by atoms with E-state index in [1.165, 1.54) is 6.42 Å². The van der Waals surface area contributed by atoms with Crippen molar-refractivity contribution < 1.29 is 18.7 Å². The van der Waals surface area contributed by atoms with Gasteiger partial charge >= 0.3 is 0 Å². The second-order valence-electron chi connectivity index (χ2n) is 12.5. The Morgan fingerprint density at radius 1 is 1.03 bits per heavy atom. The van der Waals surface area contributed by atoms with Crippen LogP contribution in [0.2, 0.25) is 37.8 Å². The third-order valence-corrected chi connectivity index (χ3v) is 12.7. The number of allylic oxidation sites excluding steroid dienone is 2. The van der Waals surface area contributed by atoms with Gasteiger partial charge in [0.2, 0.25) is 0 Å². The van der Waals surface area contributed by atoms with Gasteiger partial charge in [0.05, 0.1) is 0 Å². The van der Waals surface area contributed by atoms with Crippen LogP contribution in [0.5, 0.6) is 0 Å². The van der Waals surface area contributed by atoms with Crippen molar-refractivity contribution in [3.63, 3.8) is 0 Å². The van der Waals surface area contributed by atoms with Gasteiger partial charge < -0.3 is 13.9 Å². The molecule has 0 bridgehead atoms. The van der Waals surface area contributed by atoms with Gasteiger partial charge in [0.15, 0.2) is 19.7 Å². The molecule has 0 aromatic heterocycles. The molecule has 0 unspecified atom stereocenters. The molecule has 1 aliphatic heterocycles. The van der Waals surface area contributed by atoms with Crippen LogP contribution in [0.25, 0.3) is 0 Å². The highest BCUT2D eigenvalue weighted by molar-refractivity contribution is 6.83. The largest absolute Gasteiger partial charge is 0.398 e. The third-order valence-electron chi connectivity index (χ3n) is 7.29. The van der Waals surface area contributed by atoms with E-state index in [2.05, 4.69) is 76.8 Å². The first-order valence-electron chi connectivity index (χ1n) is 12.6. The molecule has 1 heterocycles. The van der Waals surface area contributed by atoms with Gasteiger partial charge in [-0.1, -0.05) is 64.6 Å². The lowest BCUT2D eigenvalue weighted by Crippen LogP contribution is -2.58. The lowest BCUT2D eigenvalue weighted by Gasteiger charge is -2.47. The van der Waals surface area contributed by atoms with Crippen molar-refractivity contribution in [3.8, 4) is 23.3 Å². The van der Waals surface area contributed by atoms with Crippen molar-refractivity contribution in [2.24, 2.45) is 0 Å². The first kappa shape index (κ1) is 27.2. The first-order chi connectivity index (χ1) is 15.7. The third kappa shape index (κ3) is 6.22. The van der Waals surface area contributed by atoms with Gasteiger partial charge in [0, 0.05) is 19.3 Å². The Labute approximate surface area is 209 Å². The van der Waals surface area contributed by atoms with Crippen molar-refractivity contribution in [2.45, 2.75) is 121 Å². The van der Waals surface area contributed by atoms with Crippen LogP contribution < -0.4 is 0 Å². The topological polar surface area (TPSA) is 44.8 Å². The lowest BCUT2D eigenvalue weighted by atomic mass is 9.81. The SMILES string of the molecule is CC(C)(C)[Si](C)(C)O[C@]1(C#C/C=C\C#C[Si](C)(C)C)CC(C=O)=C[C@@H]2OC3(CCCCC3)O[C@@H]21. The van der Waals surface area contributed by atoms with Crippen molar-refractivity contribution in [2.75, 3.05) is 0 Å². The summed E-state index contributed by atoms with van der Waals surface area (Å²) in [6.07, 6.45) is 11.3. The highest BCUT2D eigenvalue weighted by Gasteiger charge is 2.60. The van der Waals surface area contributed by atoms with E-state index in [-0.39, 0.29) is 17.2 Å². The van der Waals surface area contributed by atoms with Gasteiger partial charge in [0.1, 0.15) is 26.6 Å². The minimum absolute atomic E-state index is 0.0136. The second kappa shape index (κ2) is 9.92.